The van der Waals surface area contributed by atoms with E-state index in [1.807, 2.05) is 0 Å². The van der Waals surface area contributed by atoms with Crippen LogP contribution < -0.4 is 10.5 Å². The first kappa shape index (κ1) is 19.2. The zero-order chi connectivity index (χ0) is 20.8. The molecule has 0 radical (unpaired) electrons. The predicted octanol–water partition coefficient (Wildman–Crippen LogP) is 1.96. The fraction of sp³-hybridized carbons (Fsp3) is 0.368. The van der Waals surface area contributed by atoms with Gasteiger partial charge >= 0.3 is 0 Å². The zero-order valence-corrected chi connectivity index (χ0v) is 15.9. The number of carbonyl (C=O) groups is 1. The van der Waals surface area contributed by atoms with Crippen molar-refractivity contribution in [1.29, 1.82) is 0 Å². The third-order valence-electron chi connectivity index (χ3n) is 5.63. The molecule has 1 saturated heterocycles. The third-order valence-corrected chi connectivity index (χ3v) is 5.63. The minimum Gasteiger partial charge on any atom is -0.436 e. The first-order chi connectivity index (χ1) is 13.8. The molecule has 1 fully saturated rings. The average Bonchev–Trinajstić information content (AvgIpc) is 2.71. The molecule has 0 bridgehead atoms. The van der Waals surface area contributed by atoms with E-state index < -0.39 is 22.6 Å². The van der Waals surface area contributed by atoms with Gasteiger partial charge in [0.1, 0.15) is 23.4 Å². The minimum atomic E-state index is -1.38. The van der Waals surface area contributed by atoms with Crippen molar-refractivity contribution in [3.05, 3.63) is 47.9 Å². The topological polar surface area (TPSA) is 103 Å². The summed E-state index contributed by atoms with van der Waals surface area (Å²) in [6.45, 7) is 2.02. The number of carbonyl (C=O) groups excluding carboxylic acids is 1. The van der Waals surface area contributed by atoms with Crippen LogP contribution in [0.5, 0.6) is 11.6 Å². The largest absolute Gasteiger partial charge is 0.436 e. The Kier molecular flexibility index (Phi) is 4.45. The van der Waals surface area contributed by atoms with E-state index in [0.717, 1.165) is 12.5 Å². The molecule has 10 heteroatoms. The number of aromatic nitrogens is 2. The second-order valence-corrected chi connectivity index (χ2v) is 7.25. The molecule has 8 nitrogen and oxygen atoms in total. The molecule has 1 amide bonds. The van der Waals surface area contributed by atoms with Crippen molar-refractivity contribution >= 4 is 11.9 Å². The highest BCUT2D eigenvalue weighted by molar-refractivity contribution is 6.02. The third kappa shape index (κ3) is 2.82. The lowest BCUT2D eigenvalue weighted by Crippen LogP contribution is -2.64. The normalized spacial score (nSPS) is 26.7. The lowest BCUT2D eigenvalue weighted by Gasteiger charge is -2.52. The summed E-state index contributed by atoms with van der Waals surface area (Å²) in [7, 11) is 1.53. The van der Waals surface area contributed by atoms with E-state index in [1.54, 1.807) is 6.92 Å². The molecule has 152 valence electrons. The molecule has 0 aliphatic carbocycles. The van der Waals surface area contributed by atoms with Crippen LogP contribution in [-0.2, 0) is 15.1 Å². The number of aliphatic imine (C=N–C) groups is 1. The van der Waals surface area contributed by atoms with Gasteiger partial charge in [-0.25, -0.2) is 14.4 Å². The second kappa shape index (κ2) is 6.73. The molecule has 2 atom stereocenters. The fourth-order valence-electron chi connectivity index (χ4n) is 3.85. The molecule has 0 spiro atoms. The maximum absolute atomic E-state index is 15.0. The first-order valence-electron chi connectivity index (χ1n) is 8.93. The quantitative estimate of drug-likeness (QED) is 0.840. The summed E-state index contributed by atoms with van der Waals surface area (Å²) in [4.78, 5) is 26.2. The van der Waals surface area contributed by atoms with Gasteiger partial charge in [0, 0.05) is 19.2 Å². The number of halogens is 2. The SMILES string of the molecule is CN1C(=O)C2(C)CCOC[C@]2(c2cc(Oc3ncncc3F)ccc2F)N=C1N. The van der Waals surface area contributed by atoms with E-state index >= 15 is 4.39 Å². The van der Waals surface area contributed by atoms with E-state index in [2.05, 4.69) is 15.0 Å². The Morgan fingerprint density at radius 2 is 2.10 bits per heavy atom. The van der Waals surface area contributed by atoms with E-state index in [-0.39, 0.29) is 35.7 Å². The monoisotopic (exact) mass is 403 g/mol. The van der Waals surface area contributed by atoms with Crippen LogP contribution in [0.2, 0.25) is 0 Å². The summed E-state index contributed by atoms with van der Waals surface area (Å²) in [5.41, 5.74) is 3.58. The van der Waals surface area contributed by atoms with Crippen molar-refractivity contribution in [2.75, 3.05) is 20.3 Å². The minimum absolute atomic E-state index is 0.0357. The number of hydrogen-bond acceptors (Lipinski definition) is 7. The summed E-state index contributed by atoms with van der Waals surface area (Å²) >= 11 is 0. The van der Waals surface area contributed by atoms with E-state index in [9.17, 15) is 9.18 Å². The van der Waals surface area contributed by atoms with Gasteiger partial charge in [0.05, 0.1) is 18.2 Å². The van der Waals surface area contributed by atoms with Gasteiger partial charge in [-0.3, -0.25) is 9.69 Å². The van der Waals surface area contributed by atoms with Gasteiger partial charge < -0.3 is 15.2 Å². The van der Waals surface area contributed by atoms with Crippen molar-refractivity contribution in [3.63, 3.8) is 0 Å². The lowest BCUT2D eigenvalue weighted by atomic mass is 9.63. The molecule has 0 saturated carbocycles. The standard InChI is InChI=1S/C19H19F2N5O3/c1-18-5-6-28-9-19(18,25-17(22)26(2)16(18)27)12-7-11(3-4-13(12)20)29-15-14(21)8-23-10-24-15/h3-4,7-8,10H,5-6,9H2,1-2H3,(H2,22,25)/t18?,19-/m1/s1. The molecule has 3 heterocycles. The van der Waals surface area contributed by atoms with Crippen molar-refractivity contribution in [1.82, 2.24) is 14.9 Å². The highest BCUT2D eigenvalue weighted by Gasteiger charge is 2.61. The Bertz CT molecular complexity index is 1020. The number of benzene rings is 1. The lowest BCUT2D eigenvalue weighted by molar-refractivity contribution is -0.153. The molecule has 2 aromatic rings. The van der Waals surface area contributed by atoms with Crippen LogP contribution in [0.15, 0.2) is 35.7 Å². The summed E-state index contributed by atoms with van der Waals surface area (Å²) in [5, 5.41) is 0. The van der Waals surface area contributed by atoms with Gasteiger partial charge in [0.2, 0.25) is 11.7 Å². The smallest absolute Gasteiger partial charge is 0.259 e. The van der Waals surface area contributed by atoms with Crippen LogP contribution in [0.4, 0.5) is 8.78 Å². The van der Waals surface area contributed by atoms with Crippen molar-refractivity contribution in [2.24, 2.45) is 16.1 Å². The van der Waals surface area contributed by atoms with Crippen LogP contribution in [0.3, 0.4) is 0 Å². The molecular weight excluding hydrogens is 384 g/mol. The number of amides is 1. The van der Waals surface area contributed by atoms with Gasteiger partial charge in [0.25, 0.3) is 5.88 Å². The van der Waals surface area contributed by atoms with Crippen molar-refractivity contribution in [2.45, 2.75) is 18.9 Å². The Labute approximate surface area is 165 Å². The number of hydrogen-bond donors (Lipinski definition) is 1. The Morgan fingerprint density at radius 3 is 2.86 bits per heavy atom. The number of rotatable bonds is 3. The van der Waals surface area contributed by atoms with E-state index in [4.69, 9.17) is 15.2 Å². The fourth-order valence-corrected chi connectivity index (χ4v) is 3.85. The van der Waals surface area contributed by atoms with E-state index in [0.29, 0.717) is 13.0 Å². The van der Waals surface area contributed by atoms with Gasteiger partial charge in [-0.05, 0) is 31.5 Å². The number of fused-ring (bicyclic) bond motifs is 1. The molecule has 2 aliphatic heterocycles. The second-order valence-electron chi connectivity index (χ2n) is 7.25. The molecule has 4 rings (SSSR count). The van der Waals surface area contributed by atoms with Gasteiger partial charge in [-0.15, -0.1) is 0 Å². The summed E-state index contributed by atoms with van der Waals surface area (Å²) in [6, 6.07) is 3.88. The highest BCUT2D eigenvalue weighted by atomic mass is 19.1. The summed E-state index contributed by atoms with van der Waals surface area (Å²) in [5.74, 6) is -1.86. The van der Waals surface area contributed by atoms with Gasteiger partial charge in [-0.1, -0.05) is 0 Å². The molecule has 1 aromatic carbocycles. The molecule has 29 heavy (non-hydrogen) atoms. The predicted molar refractivity (Wildman–Crippen MR) is 98.1 cm³/mol. The Morgan fingerprint density at radius 1 is 1.31 bits per heavy atom. The molecule has 2 N–H and O–H groups in total. The highest BCUT2D eigenvalue weighted by Crippen LogP contribution is 2.52. The zero-order valence-electron chi connectivity index (χ0n) is 15.9. The maximum Gasteiger partial charge on any atom is 0.259 e. The van der Waals surface area contributed by atoms with Crippen LogP contribution >= 0.6 is 0 Å². The Hall–Kier alpha value is -3.14. The molecule has 2 aliphatic rings. The van der Waals surface area contributed by atoms with Crippen LogP contribution in [0.25, 0.3) is 0 Å². The van der Waals surface area contributed by atoms with Crippen LogP contribution in [0.1, 0.15) is 18.9 Å². The average molecular weight is 403 g/mol. The number of guanidine groups is 1. The number of nitrogens with two attached hydrogens (primary N) is 1. The summed E-state index contributed by atoms with van der Waals surface area (Å²) < 4.78 is 39.9. The maximum atomic E-state index is 15.0. The summed E-state index contributed by atoms with van der Waals surface area (Å²) in [6.07, 6.45) is 2.42. The van der Waals surface area contributed by atoms with Crippen LogP contribution in [0, 0.1) is 17.0 Å². The molecule has 1 unspecified atom stereocenters. The van der Waals surface area contributed by atoms with Gasteiger partial charge in [-0.2, -0.15) is 9.37 Å². The number of ether oxygens (including phenoxy) is 2. The Balaban J connectivity index is 1.86. The molecule has 1 aromatic heterocycles. The number of nitrogens with zero attached hydrogens (tertiary/aromatic N) is 4. The van der Waals surface area contributed by atoms with Crippen molar-refractivity contribution in [3.8, 4) is 11.6 Å². The van der Waals surface area contributed by atoms with Gasteiger partial charge in [0.15, 0.2) is 5.96 Å². The molecular formula is C19H19F2N5O3. The van der Waals surface area contributed by atoms with Crippen molar-refractivity contribution < 1.29 is 23.0 Å². The van der Waals surface area contributed by atoms with Crippen LogP contribution in [-0.4, -0.2) is 47.0 Å². The van der Waals surface area contributed by atoms with E-state index in [1.165, 1.54) is 30.1 Å². The first-order valence-corrected chi connectivity index (χ1v) is 8.93.